The maximum absolute atomic E-state index is 13.4. The van der Waals surface area contributed by atoms with Crippen molar-refractivity contribution in [1.82, 2.24) is 0 Å². The van der Waals surface area contributed by atoms with E-state index in [1.165, 1.54) is 12.1 Å². The first-order chi connectivity index (χ1) is 8.56. The molecule has 4 heteroatoms. The Labute approximate surface area is 112 Å². The molecule has 0 amide bonds. The van der Waals surface area contributed by atoms with E-state index in [0.29, 0.717) is 11.1 Å². The second-order valence-electron chi connectivity index (χ2n) is 4.01. The quantitative estimate of drug-likeness (QED) is 0.908. The highest BCUT2D eigenvalue weighted by Crippen LogP contribution is 2.22. The fourth-order valence-corrected chi connectivity index (χ4v) is 1.96. The highest BCUT2D eigenvalue weighted by molar-refractivity contribution is 9.10. The van der Waals surface area contributed by atoms with Gasteiger partial charge in [-0.1, -0.05) is 34.1 Å². The Kier molecular flexibility index (Phi) is 4.09. The fraction of sp³-hybridized carbons (Fsp3) is 0.143. The average Bonchev–Trinajstić information content (AvgIpc) is 2.33. The van der Waals surface area contributed by atoms with Gasteiger partial charge in [-0.15, -0.1) is 0 Å². The molecule has 0 saturated carbocycles. The van der Waals surface area contributed by atoms with E-state index in [0.717, 1.165) is 10.5 Å². The average molecular weight is 313 g/mol. The molecule has 0 aliphatic rings. The third-order valence-corrected chi connectivity index (χ3v) is 3.21. The van der Waals surface area contributed by atoms with Gasteiger partial charge in [0.2, 0.25) is 0 Å². The molecule has 1 atom stereocenters. The molecule has 94 valence electrons. The van der Waals surface area contributed by atoms with Crippen molar-refractivity contribution < 1.29 is 13.9 Å². The Morgan fingerprint density at radius 3 is 2.33 bits per heavy atom. The van der Waals surface area contributed by atoms with Gasteiger partial charge in [-0.25, -0.2) is 8.78 Å². The van der Waals surface area contributed by atoms with Gasteiger partial charge in [0, 0.05) is 17.0 Å². The number of hydrogen-bond acceptors (Lipinski definition) is 1. The maximum atomic E-state index is 13.4. The summed E-state index contributed by atoms with van der Waals surface area (Å²) < 4.78 is 27.1. The van der Waals surface area contributed by atoms with Gasteiger partial charge in [-0.3, -0.25) is 0 Å². The molecule has 1 unspecified atom stereocenters. The molecule has 0 saturated heterocycles. The van der Waals surface area contributed by atoms with Crippen LogP contribution in [0.3, 0.4) is 0 Å². The molecule has 0 bridgehead atoms. The summed E-state index contributed by atoms with van der Waals surface area (Å²) in [6, 6.07) is 10.5. The Balaban J connectivity index is 2.15. The molecule has 0 spiro atoms. The Hall–Kier alpha value is -1.26. The molecule has 2 aromatic carbocycles. The van der Waals surface area contributed by atoms with Gasteiger partial charge in [-0.05, 0) is 29.3 Å². The number of halogens is 3. The monoisotopic (exact) mass is 312 g/mol. The van der Waals surface area contributed by atoms with Crippen molar-refractivity contribution in [2.24, 2.45) is 0 Å². The number of aliphatic hydroxyl groups excluding tert-OH is 1. The van der Waals surface area contributed by atoms with Crippen LogP contribution in [0.4, 0.5) is 8.78 Å². The maximum Gasteiger partial charge on any atom is 0.129 e. The zero-order chi connectivity index (χ0) is 13.1. The summed E-state index contributed by atoms with van der Waals surface area (Å²) in [5.74, 6) is -1.25. The number of benzene rings is 2. The highest BCUT2D eigenvalue weighted by atomic mass is 79.9. The topological polar surface area (TPSA) is 20.2 Å². The van der Waals surface area contributed by atoms with Crippen LogP contribution >= 0.6 is 15.9 Å². The van der Waals surface area contributed by atoms with Crippen molar-refractivity contribution in [3.63, 3.8) is 0 Å². The van der Waals surface area contributed by atoms with E-state index in [2.05, 4.69) is 15.9 Å². The second kappa shape index (κ2) is 5.59. The molecule has 1 N–H and O–H groups in total. The van der Waals surface area contributed by atoms with Crippen LogP contribution in [0.2, 0.25) is 0 Å². The van der Waals surface area contributed by atoms with Crippen molar-refractivity contribution in [2.75, 3.05) is 0 Å². The highest BCUT2D eigenvalue weighted by Gasteiger charge is 2.12. The van der Waals surface area contributed by atoms with Crippen LogP contribution < -0.4 is 0 Å². The normalized spacial score (nSPS) is 12.4. The Morgan fingerprint density at radius 1 is 1.06 bits per heavy atom. The first-order valence-corrected chi connectivity index (χ1v) is 6.23. The zero-order valence-electron chi connectivity index (χ0n) is 9.41. The predicted molar refractivity (Wildman–Crippen MR) is 69.2 cm³/mol. The summed E-state index contributed by atoms with van der Waals surface area (Å²) in [4.78, 5) is 0. The van der Waals surface area contributed by atoms with E-state index in [1.807, 2.05) is 0 Å². The first kappa shape index (κ1) is 13.2. The summed E-state index contributed by atoms with van der Waals surface area (Å²) in [7, 11) is 0. The lowest BCUT2D eigenvalue weighted by atomic mass is 10.0. The molecule has 0 radical (unpaired) electrons. The molecular formula is C14H11BrF2O. The van der Waals surface area contributed by atoms with Crippen molar-refractivity contribution in [1.29, 1.82) is 0 Å². The molecule has 0 heterocycles. The molecule has 0 aromatic heterocycles. The summed E-state index contributed by atoms with van der Waals surface area (Å²) >= 11 is 3.30. The largest absolute Gasteiger partial charge is 0.388 e. The van der Waals surface area contributed by atoms with E-state index >= 15 is 0 Å². The number of hydrogen-bond donors (Lipinski definition) is 1. The Bertz CT molecular complexity index is 540. The van der Waals surface area contributed by atoms with Gasteiger partial charge in [0.1, 0.15) is 11.6 Å². The van der Waals surface area contributed by atoms with Gasteiger partial charge in [0.15, 0.2) is 0 Å². The number of rotatable bonds is 3. The lowest BCUT2D eigenvalue weighted by molar-refractivity contribution is 0.177. The molecule has 1 nitrogen and oxygen atoms in total. The van der Waals surface area contributed by atoms with Crippen LogP contribution in [0.1, 0.15) is 17.2 Å². The van der Waals surface area contributed by atoms with E-state index in [4.69, 9.17) is 0 Å². The summed E-state index contributed by atoms with van der Waals surface area (Å²) in [5, 5.41) is 9.98. The van der Waals surface area contributed by atoms with Gasteiger partial charge in [-0.2, -0.15) is 0 Å². The second-order valence-corrected chi connectivity index (χ2v) is 4.92. The number of aliphatic hydroxyl groups is 1. The van der Waals surface area contributed by atoms with Crippen LogP contribution in [0.5, 0.6) is 0 Å². The van der Waals surface area contributed by atoms with Gasteiger partial charge >= 0.3 is 0 Å². The standard InChI is InChI=1S/C14H11BrF2O/c15-11-4-1-9(2-5-11)14(18)7-10-3-6-12(16)8-13(10)17/h1-6,8,14,18H,7H2. The first-order valence-electron chi connectivity index (χ1n) is 5.44. The predicted octanol–water partition coefficient (Wildman–Crippen LogP) is 4.00. The fourth-order valence-electron chi connectivity index (χ4n) is 1.70. The van der Waals surface area contributed by atoms with Gasteiger partial charge < -0.3 is 5.11 Å². The smallest absolute Gasteiger partial charge is 0.129 e. The van der Waals surface area contributed by atoms with Crippen LogP contribution in [-0.4, -0.2) is 5.11 Å². The van der Waals surface area contributed by atoms with E-state index < -0.39 is 17.7 Å². The van der Waals surface area contributed by atoms with Crippen molar-refractivity contribution in [3.8, 4) is 0 Å². The van der Waals surface area contributed by atoms with Crippen LogP contribution in [0, 0.1) is 11.6 Å². The lowest BCUT2D eigenvalue weighted by Crippen LogP contribution is -2.03. The minimum absolute atomic E-state index is 0.119. The Morgan fingerprint density at radius 2 is 1.72 bits per heavy atom. The van der Waals surface area contributed by atoms with Gasteiger partial charge in [0.25, 0.3) is 0 Å². The lowest BCUT2D eigenvalue weighted by Gasteiger charge is -2.11. The third kappa shape index (κ3) is 3.15. The molecule has 0 fully saturated rings. The molecule has 2 rings (SSSR count). The van der Waals surface area contributed by atoms with Crippen molar-refractivity contribution >= 4 is 15.9 Å². The minimum Gasteiger partial charge on any atom is -0.388 e. The SMILES string of the molecule is OC(Cc1ccc(F)cc1F)c1ccc(Br)cc1. The molecule has 18 heavy (non-hydrogen) atoms. The summed E-state index contributed by atoms with van der Waals surface area (Å²) in [5.41, 5.74) is 0.994. The van der Waals surface area contributed by atoms with Crippen molar-refractivity contribution in [2.45, 2.75) is 12.5 Å². The molecular weight excluding hydrogens is 302 g/mol. The molecule has 2 aromatic rings. The third-order valence-electron chi connectivity index (χ3n) is 2.68. The van der Waals surface area contributed by atoms with Crippen LogP contribution in [0.15, 0.2) is 46.9 Å². The van der Waals surface area contributed by atoms with E-state index in [1.54, 1.807) is 24.3 Å². The minimum atomic E-state index is -0.807. The summed E-state index contributed by atoms with van der Waals surface area (Å²) in [6.45, 7) is 0. The van der Waals surface area contributed by atoms with E-state index in [9.17, 15) is 13.9 Å². The van der Waals surface area contributed by atoms with Gasteiger partial charge in [0.05, 0.1) is 6.10 Å². The summed E-state index contributed by atoms with van der Waals surface area (Å²) in [6.07, 6.45) is -0.689. The van der Waals surface area contributed by atoms with Crippen molar-refractivity contribution in [3.05, 3.63) is 69.7 Å². The zero-order valence-corrected chi connectivity index (χ0v) is 11.0. The van der Waals surface area contributed by atoms with Crippen LogP contribution in [0.25, 0.3) is 0 Å². The van der Waals surface area contributed by atoms with E-state index in [-0.39, 0.29) is 6.42 Å². The molecule has 0 aliphatic heterocycles. The molecule has 0 aliphatic carbocycles. The van der Waals surface area contributed by atoms with Crippen LogP contribution in [-0.2, 0) is 6.42 Å².